The number of nitrogens with two attached hydrogens (primary N) is 1. The van der Waals surface area contributed by atoms with Crippen LogP contribution in [0.2, 0.25) is 0 Å². The van der Waals surface area contributed by atoms with Gasteiger partial charge in [-0.05, 0) is 37.2 Å². The number of alkyl halides is 3. The van der Waals surface area contributed by atoms with Crippen LogP contribution in [0.3, 0.4) is 0 Å². The van der Waals surface area contributed by atoms with Crippen LogP contribution in [0.4, 0.5) is 18.9 Å². The maximum atomic E-state index is 12.3. The summed E-state index contributed by atoms with van der Waals surface area (Å²) < 4.78 is 61.9. The molecule has 0 radical (unpaired) electrons. The van der Waals surface area contributed by atoms with Crippen molar-refractivity contribution in [1.82, 2.24) is 0 Å². The fourth-order valence-corrected chi connectivity index (χ4v) is 2.38. The summed E-state index contributed by atoms with van der Waals surface area (Å²) in [5.74, 6) is -0.162. The van der Waals surface area contributed by atoms with E-state index in [0.29, 0.717) is 0 Å². The number of anilines is 1. The van der Waals surface area contributed by atoms with Crippen molar-refractivity contribution in [3.05, 3.63) is 29.8 Å². The van der Waals surface area contributed by atoms with Gasteiger partial charge in [-0.3, -0.25) is 4.72 Å². The molecule has 1 aromatic rings. The Morgan fingerprint density at radius 3 is 2.17 bits per heavy atom. The minimum atomic E-state index is -4.43. The van der Waals surface area contributed by atoms with Crippen molar-refractivity contribution < 1.29 is 21.6 Å². The lowest BCUT2D eigenvalue weighted by Crippen LogP contribution is -2.19. The lowest BCUT2D eigenvalue weighted by molar-refractivity contribution is -0.137. The number of halogens is 3. The summed E-state index contributed by atoms with van der Waals surface area (Å²) in [6.45, 7) is 0.230. The molecule has 0 unspecified atom stereocenters. The van der Waals surface area contributed by atoms with Crippen molar-refractivity contribution in [3.63, 3.8) is 0 Å². The lowest BCUT2D eigenvalue weighted by atomic mass is 10.2. The maximum Gasteiger partial charge on any atom is 0.416 e. The van der Waals surface area contributed by atoms with Crippen molar-refractivity contribution in [2.75, 3.05) is 17.0 Å². The van der Waals surface area contributed by atoms with E-state index in [0.717, 1.165) is 24.3 Å². The summed E-state index contributed by atoms with van der Waals surface area (Å²) >= 11 is 0. The van der Waals surface area contributed by atoms with E-state index in [2.05, 4.69) is 4.72 Å². The third kappa shape index (κ3) is 4.53. The summed E-state index contributed by atoms with van der Waals surface area (Å²) in [6.07, 6.45) is -4.15. The highest BCUT2D eigenvalue weighted by molar-refractivity contribution is 7.92. The van der Waals surface area contributed by atoms with Gasteiger partial charge in [0.15, 0.2) is 0 Å². The fourth-order valence-electron chi connectivity index (χ4n) is 1.23. The Morgan fingerprint density at radius 1 is 1.17 bits per heavy atom. The molecule has 0 aliphatic carbocycles. The second kappa shape index (κ2) is 5.57. The van der Waals surface area contributed by atoms with Gasteiger partial charge in [0.2, 0.25) is 10.0 Å². The second-order valence-corrected chi connectivity index (χ2v) is 5.48. The Kier molecular flexibility index (Phi) is 4.58. The number of hydrogen-bond acceptors (Lipinski definition) is 3. The molecule has 0 aliphatic rings. The Bertz CT molecular complexity index is 483. The molecule has 0 fully saturated rings. The van der Waals surface area contributed by atoms with Crippen LogP contribution < -0.4 is 10.5 Å². The fraction of sp³-hybridized carbons (Fsp3) is 0.400. The van der Waals surface area contributed by atoms with Crippen molar-refractivity contribution >= 4 is 15.7 Å². The summed E-state index contributed by atoms with van der Waals surface area (Å²) in [4.78, 5) is 0. The standard InChI is InChI=1S/C10H13F3N2O2S/c11-10(12,13)8-2-4-9(5-3-8)15-18(16,17)7-1-6-14/h2-5,15H,1,6-7,14H2. The van der Waals surface area contributed by atoms with Crippen LogP contribution in [0, 0.1) is 0 Å². The molecule has 0 aliphatic heterocycles. The first-order valence-electron chi connectivity index (χ1n) is 5.12. The summed E-state index contributed by atoms with van der Waals surface area (Å²) in [7, 11) is -3.56. The molecule has 4 nitrogen and oxygen atoms in total. The molecule has 18 heavy (non-hydrogen) atoms. The smallest absolute Gasteiger partial charge is 0.330 e. The Morgan fingerprint density at radius 2 is 1.72 bits per heavy atom. The topological polar surface area (TPSA) is 72.2 Å². The normalized spacial score (nSPS) is 12.4. The van der Waals surface area contributed by atoms with Crippen molar-refractivity contribution in [2.24, 2.45) is 5.73 Å². The monoisotopic (exact) mass is 282 g/mol. The molecule has 0 aromatic heterocycles. The van der Waals surface area contributed by atoms with Gasteiger partial charge >= 0.3 is 6.18 Å². The first kappa shape index (κ1) is 14.8. The number of sulfonamides is 1. The SMILES string of the molecule is NCCCS(=O)(=O)Nc1ccc(C(F)(F)F)cc1. The molecule has 0 saturated heterocycles. The number of nitrogens with one attached hydrogen (secondary N) is 1. The van der Waals surface area contributed by atoms with Gasteiger partial charge in [0.1, 0.15) is 0 Å². The molecule has 8 heteroatoms. The molecule has 1 rings (SSSR count). The molecule has 3 N–H and O–H groups in total. The largest absolute Gasteiger partial charge is 0.416 e. The van der Waals surface area contributed by atoms with Crippen LogP contribution in [0.5, 0.6) is 0 Å². The highest BCUT2D eigenvalue weighted by Crippen LogP contribution is 2.29. The number of benzene rings is 1. The zero-order valence-electron chi connectivity index (χ0n) is 9.37. The van der Waals surface area contributed by atoms with Gasteiger partial charge in [-0.1, -0.05) is 0 Å². The van der Waals surface area contributed by atoms with E-state index in [-0.39, 0.29) is 24.4 Å². The molecule has 1 aromatic carbocycles. The molecule has 0 spiro atoms. The molecule has 102 valence electrons. The van der Waals surface area contributed by atoms with Crippen molar-refractivity contribution in [2.45, 2.75) is 12.6 Å². The first-order valence-corrected chi connectivity index (χ1v) is 6.77. The zero-order chi connectivity index (χ0) is 13.8. The molecule has 0 amide bonds. The lowest BCUT2D eigenvalue weighted by Gasteiger charge is -2.09. The highest BCUT2D eigenvalue weighted by Gasteiger charge is 2.30. The Balaban J connectivity index is 2.75. The van der Waals surface area contributed by atoms with Gasteiger partial charge in [-0.25, -0.2) is 8.42 Å². The van der Waals surface area contributed by atoms with E-state index in [1.807, 2.05) is 0 Å². The maximum absolute atomic E-state index is 12.3. The average Bonchev–Trinajstić information content (AvgIpc) is 2.25. The molecular formula is C10H13F3N2O2S. The summed E-state index contributed by atoms with van der Waals surface area (Å²) in [5.41, 5.74) is 4.45. The van der Waals surface area contributed by atoms with E-state index < -0.39 is 21.8 Å². The molecule has 0 atom stereocenters. The summed E-state index contributed by atoms with van der Waals surface area (Å²) in [5, 5.41) is 0. The Labute approximate surface area is 103 Å². The van der Waals surface area contributed by atoms with E-state index in [4.69, 9.17) is 5.73 Å². The van der Waals surface area contributed by atoms with Crippen LogP contribution in [0.15, 0.2) is 24.3 Å². The second-order valence-electron chi connectivity index (χ2n) is 3.64. The van der Waals surface area contributed by atoms with Gasteiger partial charge in [-0.2, -0.15) is 13.2 Å². The average molecular weight is 282 g/mol. The predicted molar refractivity (Wildman–Crippen MR) is 62.5 cm³/mol. The van der Waals surface area contributed by atoms with Crippen LogP contribution in [0.25, 0.3) is 0 Å². The van der Waals surface area contributed by atoms with E-state index in [1.54, 1.807) is 0 Å². The quantitative estimate of drug-likeness (QED) is 0.865. The molecule has 0 saturated carbocycles. The predicted octanol–water partition coefficient (Wildman–Crippen LogP) is 1.80. The minimum Gasteiger partial charge on any atom is -0.330 e. The van der Waals surface area contributed by atoms with E-state index >= 15 is 0 Å². The molecule has 0 heterocycles. The first-order chi connectivity index (χ1) is 8.24. The third-order valence-corrected chi connectivity index (χ3v) is 3.48. The van der Waals surface area contributed by atoms with E-state index in [1.165, 1.54) is 0 Å². The van der Waals surface area contributed by atoms with Crippen LogP contribution in [0.1, 0.15) is 12.0 Å². The minimum absolute atomic E-state index is 0.0972. The van der Waals surface area contributed by atoms with Gasteiger partial charge < -0.3 is 5.73 Å². The Hall–Kier alpha value is -1.28. The molecule has 0 bridgehead atoms. The zero-order valence-corrected chi connectivity index (χ0v) is 10.2. The third-order valence-electron chi connectivity index (χ3n) is 2.10. The highest BCUT2D eigenvalue weighted by atomic mass is 32.2. The van der Waals surface area contributed by atoms with Crippen LogP contribution >= 0.6 is 0 Å². The van der Waals surface area contributed by atoms with Gasteiger partial charge in [-0.15, -0.1) is 0 Å². The van der Waals surface area contributed by atoms with Gasteiger partial charge in [0.05, 0.1) is 11.3 Å². The van der Waals surface area contributed by atoms with Gasteiger partial charge in [0.25, 0.3) is 0 Å². The van der Waals surface area contributed by atoms with Crippen molar-refractivity contribution in [1.29, 1.82) is 0 Å². The number of rotatable bonds is 5. The van der Waals surface area contributed by atoms with E-state index in [9.17, 15) is 21.6 Å². The van der Waals surface area contributed by atoms with Crippen molar-refractivity contribution in [3.8, 4) is 0 Å². The summed E-state index contributed by atoms with van der Waals surface area (Å²) in [6, 6.07) is 3.78. The van der Waals surface area contributed by atoms with Crippen LogP contribution in [-0.2, 0) is 16.2 Å². The van der Waals surface area contributed by atoms with Gasteiger partial charge in [0, 0.05) is 5.69 Å². The molecular weight excluding hydrogens is 269 g/mol. The number of hydrogen-bond donors (Lipinski definition) is 2. The van der Waals surface area contributed by atoms with Crippen LogP contribution in [-0.4, -0.2) is 20.7 Å².